The van der Waals surface area contributed by atoms with Gasteiger partial charge in [-0.25, -0.2) is 14.6 Å². The molecule has 1 fully saturated rings. The normalized spacial score (nSPS) is 14.5. The van der Waals surface area contributed by atoms with E-state index < -0.39 is 0 Å². The van der Waals surface area contributed by atoms with Crippen LogP contribution in [0, 0.1) is 13.8 Å². The predicted octanol–water partition coefficient (Wildman–Crippen LogP) is 3.46. The van der Waals surface area contributed by atoms with Crippen LogP contribution >= 0.6 is 11.3 Å². The summed E-state index contributed by atoms with van der Waals surface area (Å²) < 4.78 is 1.90. The maximum Gasteiger partial charge on any atom is 0.253 e. The maximum absolute atomic E-state index is 13.0. The van der Waals surface area contributed by atoms with Crippen molar-refractivity contribution in [2.75, 3.05) is 31.1 Å². The number of aryl methyl sites for hydroxylation is 2. The summed E-state index contributed by atoms with van der Waals surface area (Å²) in [5.41, 5.74) is 4.66. The van der Waals surface area contributed by atoms with E-state index in [1.807, 2.05) is 65.9 Å². The standard InChI is InChI=1S/C22H22N6OS/c1-15-14-16(2)28(25-15)18-7-5-17(6-8-18)21(29)26-10-12-27(13-11-26)22-24-19-4-3-9-23-20(19)30-22/h3-9,14H,10-13H2,1-2H3. The van der Waals surface area contributed by atoms with Crippen LogP contribution in [0.15, 0.2) is 48.7 Å². The molecule has 0 atom stereocenters. The van der Waals surface area contributed by atoms with Crippen molar-refractivity contribution in [3.63, 3.8) is 0 Å². The number of amides is 1. The molecule has 0 bridgehead atoms. The topological polar surface area (TPSA) is 67.2 Å². The molecule has 1 aliphatic heterocycles. The number of benzene rings is 1. The lowest BCUT2D eigenvalue weighted by Crippen LogP contribution is -2.48. The van der Waals surface area contributed by atoms with Gasteiger partial charge in [0.15, 0.2) is 5.13 Å². The molecular weight excluding hydrogens is 396 g/mol. The SMILES string of the molecule is Cc1cc(C)n(-c2ccc(C(=O)N3CCN(c4nc5cccnc5s4)CC3)cc2)n1. The van der Waals surface area contributed by atoms with Crippen LogP contribution in [0.2, 0.25) is 0 Å². The number of hydrogen-bond donors (Lipinski definition) is 0. The van der Waals surface area contributed by atoms with Crippen LogP contribution in [0.1, 0.15) is 21.7 Å². The lowest BCUT2D eigenvalue weighted by atomic mass is 10.1. The quantitative estimate of drug-likeness (QED) is 0.510. The number of carbonyl (C=O) groups excluding carboxylic acids is 1. The minimum Gasteiger partial charge on any atom is -0.344 e. The Morgan fingerprint density at radius 1 is 1.03 bits per heavy atom. The fourth-order valence-electron chi connectivity index (χ4n) is 3.81. The van der Waals surface area contributed by atoms with E-state index in [2.05, 4.69) is 20.0 Å². The molecule has 0 aliphatic carbocycles. The van der Waals surface area contributed by atoms with E-state index in [0.717, 1.165) is 45.6 Å². The summed E-state index contributed by atoms with van der Waals surface area (Å²) in [6, 6.07) is 13.6. The molecule has 0 saturated carbocycles. The highest BCUT2D eigenvalue weighted by atomic mass is 32.1. The van der Waals surface area contributed by atoms with Crippen molar-refractivity contribution in [3.8, 4) is 5.69 Å². The molecule has 0 N–H and O–H groups in total. The third-order valence-corrected chi connectivity index (χ3v) is 6.40. The Morgan fingerprint density at radius 2 is 1.80 bits per heavy atom. The molecule has 1 amide bonds. The lowest BCUT2D eigenvalue weighted by Gasteiger charge is -2.34. The van der Waals surface area contributed by atoms with Crippen molar-refractivity contribution in [2.45, 2.75) is 13.8 Å². The highest BCUT2D eigenvalue weighted by Crippen LogP contribution is 2.27. The number of nitrogens with zero attached hydrogens (tertiary/aromatic N) is 6. The van der Waals surface area contributed by atoms with Gasteiger partial charge in [-0.3, -0.25) is 4.79 Å². The van der Waals surface area contributed by atoms with Crippen molar-refractivity contribution >= 4 is 32.7 Å². The maximum atomic E-state index is 13.0. The van der Waals surface area contributed by atoms with E-state index in [1.54, 1.807) is 17.5 Å². The summed E-state index contributed by atoms with van der Waals surface area (Å²) >= 11 is 1.60. The van der Waals surface area contributed by atoms with E-state index in [-0.39, 0.29) is 5.91 Å². The third kappa shape index (κ3) is 3.43. The van der Waals surface area contributed by atoms with E-state index in [9.17, 15) is 4.79 Å². The lowest BCUT2D eigenvalue weighted by molar-refractivity contribution is 0.0747. The number of rotatable bonds is 3. The summed E-state index contributed by atoms with van der Waals surface area (Å²) in [6.07, 6.45) is 1.79. The molecule has 4 aromatic rings. The van der Waals surface area contributed by atoms with Gasteiger partial charge < -0.3 is 9.80 Å². The summed E-state index contributed by atoms with van der Waals surface area (Å²) in [4.78, 5) is 27.1. The molecule has 7 nitrogen and oxygen atoms in total. The highest BCUT2D eigenvalue weighted by molar-refractivity contribution is 7.21. The molecule has 0 radical (unpaired) electrons. The van der Waals surface area contributed by atoms with Crippen LogP contribution in [-0.4, -0.2) is 56.7 Å². The van der Waals surface area contributed by atoms with Crippen LogP contribution in [0.5, 0.6) is 0 Å². The Hall–Kier alpha value is -3.26. The minimum absolute atomic E-state index is 0.0699. The fraction of sp³-hybridized carbons (Fsp3) is 0.273. The first kappa shape index (κ1) is 18.7. The Kier molecular flexibility index (Phi) is 4.71. The first-order valence-corrected chi connectivity index (χ1v) is 10.8. The molecule has 30 heavy (non-hydrogen) atoms. The van der Waals surface area contributed by atoms with Crippen LogP contribution in [0.3, 0.4) is 0 Å². The van der Waals surface area contributed by atoms with Crippen LogP contribution in [-0.2, 0) is 0 Å². The molecule has 0 spiro atoms. The molecule has 1 aromatic carbocycles. The zero-order valence-corrected chi connectivity index (χ0v) is 17.8. The number of aromatic nitrogens is 4. The zero-order chi connectivity index (χ0) is 20.7. The zero-order valence-electron chi connectivity index (χ0n) is 16.9. The van der Waals surface area contributed by atoms with E-state index in [0.29, 0.717) is 18.7 Å². The molecule has 8 heteroatoms. The number of piperazine rings is 1. The molecular formula is C22H22N6OS. The van der Waals surface area contributed by atoms with Crippen molar-refractivity contribution in [1.82, 2.24) is 24.6 Å². The van der Waals surface area contributed by atoms with Crippen LogP contribution in [0.4, 0.5) is 5.13 Å². The summed E-state index contributed by atoms with van der Waals surface area (Å²) in [5.74, 6) is 0.0699. The first-order chi connectivity index (χ1) is 14.6. The van der Waals surface area contributed by atoms with Gasteiger partial charge in [-0.2, -0.15) is 5.10 Å². The first-order valence-electron chi connectivity index (χ1n) is 9.98. The van der Waals surface area contributed by atoms with E-state index in [4.69, 9.17) is 0 Å². The Balaban J connectivity index is 1.25. The summed E-state index contributed by atoms with van der Waals surface area (Å²) in [7, 11) is 0. The summed E-state index contributed by atoms with van der Waals surface area (Å²) in [6.45, 7) is 6.92. The van der Waals surface area contributed by atoms with Gasteiger partial charge in [0.2, 0.25) is 0 Å². The predicted molar refractivity (Wildman–Crippen MR) is 119 cm³/mol. The van der Waals surface area contributed by atoms with Gasteiger partial charge in [-0.1, -0.05) is 11.3 Å². The number of anilines is 1. The van der Waals surface area contributed by atoms with E-state index >= 15 is 0 Å². The fourth-order valence-corrected chi connectivity index (χ4v) is 4.77. The van der Waals surface area contributed by atoms with Gasteiger partial charge in [-0.15, -0.1) is 0 Å². The number of carbonyl (C=O) groups is 1. The third-order valence-electron chi connectivity index (χ3n) is 5.36. The smallest absolute Gasteiger partial charge is 0.253 e. The van der Waals surface area contributed by atoms with Gasteiger partial charge in [0.05, 0.1) is 11.4 Å². The minimum atomic E-state index is 0.0699. The van der Waals surface area contributed by atoms with E-state index in [1.165, 1.54) is 0 Å². The average Bonchev–Trinajstić information content (AvgIpc) is 3.36. The molecule has 152 valence electrons. The monoisotopic (exact) mass is 418 g/mol. The van der Waals surface area contributed by atoms with Crippen LogP contribution in [0.25, 0.3) is 16.0 Å². The number of thiazole rings is 1. The summed E-state index contributed by atoms with van der Waals surface area (Å²) in [5, 5.41) is 5.48. The van der Waals surface area contributed by atoms with Gasteiger partial charge in [-0.05, 0) is 56.3 Å². The highest BCUT2D eigenvalue weighted by Gasteiger charge is 2.24. The number of pyridine rings is 1. The second-order valence-corrected chi connectivity index (χ2v) is 8.45. The van der Waals surface area contributed by atoms with Gasteiger partial charge in [0.1, 0.15) is 10.3 Å². The molecule has 0 unspecified atom stereocenters. The van der Waals surface area contributed by atoms with Gasteiger partial charge in [0.25, 0.3) is 5.91 Å². The second-order valence-electron chi connectivity index (χ2n) is 7.49. The van der Waals surface area contributed by atoms with Crippen molar-refractivity contribution in [2.24, 2.45) is 0 Å². The molecule has 1 saturated heterocycles. The molecule has 1 aliphatic rings. The average molecular weight is 419 g/mol. The second kappa shape index (κ2) is 7.53. The largest absolute Gasteiger partial charge is 0.344 e. The van der Waals surface area contributed by atoms with Crippen molar-refractivity contribution < 1.29 is 4.79 Å². The Labute approximate surface area is 178 Å². The van der Waals surface area contributed by atoms with Crippen LogP contribution < -0.4 is 4.90 Å². The van der Waals surface area contributed by atoms with Gasteiger partial charge >= 0.3 is 0 Å². The van der Waals surface area contributed by atoms with Crippen molar-refractivity contribution in [1.29, 1.82) is 0 Å². The molecule has 3 aromatic heterocycles. The molecule has 5 rings (SSSR count). The van der Waals surface area contributed by atoms with Gasteiger partial charge in [0, 0.05) is 43.6 Å². The Morgan fingerprint density at radius 3 is 2.47 bits per heavy atom. The van der Waals surface area contributed by atoms with Crippen molar-refractivity contribution in [3.05, 3.63) is 65.6 Å². The Bertz CT molecular complexity index is 1170. The molecule has 4 heterocycles. The number of fused-ring (bicyclic) bond motifs is 1. The number of hydrogen-bond acceptors (Lipinski definition) is 6.